The summed E-state index contributed by atoms with van der Waals surface area (Å²) in [6, 6.07) is 0. The maximum absolute atomic E-state index is 12.2. The summed E-state index contributed by atoms with van der Waals surface area (Å²) in [6.07, 6.45) is 6.74. The first-order valence-electron chi connectivity index (χ1n) is 8.09. The van der Waals surface area contributed by atoms with E-state index in [4.69, 9.17) is 0 Å². The fourth-order valence-corrected chi connectivity index (χ4v) is 3.38. The molecule has 4 nitrogen and oxygen atoms in total. The minimum Gasteiger partial charge on any atom is -0.356 e. The normalized spacial score (nSPS) is 28.2. The fraction of sp³-hybridized carbons (Fsp3) is 0.875. The summed E-state index contributed by atoms with van der Waals surface area (Å²) in [5, 5.41) is 3.14. The Morgan fingerprint density at radius 2 is 1.65 bits per heavy atom. The Morgan fingerprint density at radius 1 is 1.05 bits per heavy atom. The minimum atomic E-state index is 0.105. The van der Waals surface area contributed by atoms with E-state index in [0.717, 1.165) is 38.4 Å². The Morgan fingerprint density at radius 3 is 2.20 bits per heavy atom. The third kappa shape index (κ3) is 4.22. The Balaban J connectivity index is 1.67. The van der Waals surface area contributed by atoms with Crippen molar-refractivity contribution in [2.45, 2.75) is 52.4 Å². The lowest BCUT2D eigenvalue weighted by Gasteiger charge is -2.31. The largest absolute Gasteiger partial charge is 0.356 e. The van der Waals surface area contributed by atoms with Crippen molar-refractivity contribution in [1.82, 2.24) is 10.2 Å². The van der Waals surface area contributed by atoms with E-state index in [1.54, 1.807) is 6.92 Å². The molecule has 0 radical (unpaired) electrons. The lowest BCUT2D eigenvalue weighted by atomic mass is 9.83. The van der Waals surface area contributed by atoms with E-state index in [1.807, 2.05) is 4.90 Å². The average molecular weight is 280 g/mol. The summed E-state index contributed by atoms with van der Waals surface area (Å²) >= 11 is 0. The van der Waals surface area contributed by atoms with Gasteiger partial charge >= 0.3 is 0 Å². The molecule has 1 N–H and O–H groups in total. The second-order valence-corrected chi connectivity index (χ2v) is 6.65. The summed E-state index contributed by atoms with van der Waals surface area (Å²) in [5.74, 6) is 1.96. The van der Waals surface area contributed by atoms with E-state index in [9.17, 15) is 9.59 Å². The van der Waals surface area contributed by atoms with Crippen LogP contribution in [0.25, 0.3) is 0 Å². The number of carbonyl (C=O) groups is 2. The van der Waals surface area contributed by atoms with E-state index in [-0.39, 0.29) is 17.7 Å². The van der Waals surface area contributed by atoms with Crippen LogP contribution in [0, 0.1) is 17.8 Å². The molecule has 0 aromatic heterocycles. The van der Waals surface area contributed by atoms with E-state index in [0.29, 0.717) is 5.92 Å². The van der Waals surface area contributed by atoms with Gasteiger partial charge in [-0.25, -0.2) is 0 Å². The molecule has 1 aliphatic heterocycles. The van der Waals surface area contributed by atoms with Crippen molar-refractivity contribution in [1.29, 1.82) is 0 Å². The number of rotatable bonds is 3. The zero-order valence-electron chi connectivity index (χ0n) is 12.9. The topological polar surface area (TPSA) is 49.4 Å². The first-order valence-corrected chi connectivity index (χ1v) is 8.09. The van der Waals surface area contributed by atoms with Gasteiger partial charge in [0.25, 0.3) is 0 Å². The van der Waals surface area contributed by atoms with Gasteiger partial charge in [-0.15, -0.1) is 0 Å². The number of hydrogen-bond donors (Lipinski definition) is 1. The van der Waals surface area contributed by atoms with Gasteiger partial charge in [-0.2, -0.15) is 0 Å². The van der Waals surface area contributed by atoms with E-state index in [1.165, 1.54) is 25.7 Å². The van der Waals surface area contributed by atoms with Crippen molar-refractivity contribution in [2.24, 2.45) is 17.8 Å². The number of piperidine rings is 1. The molecular formula is C16H28N2O2. The summed E-state index contributed by atoms with van der Waals surface area (Å²) in [4.78, 5) is 25.3. The first-order chi connectivity index (χ1) is 9.56. The number of nitrogens with zero attached hydrogens (tertiary/aromatic N) is 1. The van der Waals surface area contributed by atoms with E-state index >= 15 is 0 Å². The van der Waals surface area contributed by atoms with Crippen LogP contribution < -0.4 is 5.32 Å². The molecule has 2 fully saturated rings. The quantitative estimate of drug-likeness (QED) is 0.861. The smallest absolute Gasteiger partial charge is 0.223 e. The summed E-state index contributed by atoms with van der Waals surface area (Å²) in [5.41, 5.74) is 0. The highest BCUT2D eigenvalue weighted by Gasteiger charge is 2.26. The molecule has 114 valence electrons. The van der Waals surface area contributed by atoms with Gasteiger partial charge < -0.3 is 10.2 Å². The SMILES string of the molecule is CC(=O)N1CCC(C(=O)NCC2CCC(C)CC2)CC1. The van der Waals surface area contributed by atoms with Crippen molar-refractivity contribution >= 4 is 11.8 Å². The number of carbonyl (C=O) groups excluding carboxylic acids is 2. The molecule has 0 aromatic carbocycles. The van der Waals surface area contributed by atoms with Crippen LogP contribution in [0.4, 0.5) is 0 Å². The van der Waals surface area contributed by atoms with Crippen LogP contribution in [0.5, 0.6) is 0 Å². The number of likely N-dealkylation sites (tertiary alicyclic amines) is 1. The summed E-state index contributed by atoms with van der Waals surface area (Å²) in [6.45, 7) is 6.23. The standard InChI is InChI=1S/C16H28N2O2/c1-12-3-5-14(6-4-12)11-17-16(20)15-7-9-18(10-8-15)13(2)19/h12,14-15H,3-11H2,1-2H3,(H,17,20). The van der Waals surface area contributed by atoms with Gasteiger partial charge in [0.05, 0.1) is 0 Å². The van der Waals surface area contributed by atoms with Gasteiger partial charge in [-0.1, -0.05) is 19.8 Å². The second kappa shape index (κ2) is 7.09. The Bertz CT molecular complexity index is 340. The first kappa shape index (κ1) is 15.3. The minimum absolute atomic E-state index is 0.105. The Labute approximate surface area is 122 Å². The predicted molar refractivity (Wildman–Crippen MR) is 79.1 cm³/mol. The fourth-order valence-electron chi connectivity index (χ4n) is 3.38. The lowest BCUT2D eigenvalue weighted by molar-refractivity contribution is -0.134. The highest BCUT2D eigenvalue weighted by Crippen LogP contribution is 2.27. The molecule has 20 heavy (non-hydrogen) atoms. The number of nitrogens with one attached hydrogen (secondary N) is 1. The lowest BCUT2D eigenvalue weighted by Crippen LogP contribution is -2.43. The van der Waals surface area contributed by atoms with Gasteiger partial charge in [0.2, 0.25) is 11.8 Å². The molecule has 1 heterocycles. The van der Waals surface area contributed by atoms with Crippen LogP contribution in [-0.2, 0) is 9.59 Å². The molecule has 1 saturated carbocycles. The molecule has 0 bridgehead atoms. The van der Waals surface area contributed by atoms with E-state index in [2.05, 4.69) is 12.2 Å². The molecule has 0 aromatic rings. The Hall–Kier alpha value is -1.06. The zero-order chi connectivity index (χ0) is 14.5. The molecule has 1 aliphatic carbocycles. The molecule has 0 spiro atoms. The zero-order valence-corrected chi connectivity index (χ0v) is 12.9. The molecule has 0 atom stereocenters. The monoisotopic (exact) mass is 280 g/mol. The number of amides is 2. The highest BCUT2D eigenvalue weighted by molar-refractivity contribution is 5.79. The van der Waals surface area contributed by atoms with Crippen molar-refractivity contribution in [2.75, 3.05) is 19.6 Å². The molecule has 1 saturated heterocycles. The Kier molecular flexibility index (Phi) is 5.44. The van der Waals surface area contributed by atoms with Crippen molar-refractivity contribution < 1.29 is 9.59 Å². The van der Waals surface area contributed by atoms with Crippen LogP contribution in [-0.4, -0.2) is 36.3 Å². The molecule has 2 rings (SSSR count). The third-order valence-electron chi connectivity index (χ3n) is 5.01. The van der Waals surface area contributed by atoms with E-state index < -0.39 is 0 Å². The van der Waals surface area contributed by atoms with Gasteiger partial charge in [-0.05, 0) is 37.5 Å². The van der Waals surface area contributed by atoms with Crippen LogP contribution in [0.2, 0.25) is 0 Å². The summed E-state index contributed by atoms with van der Waals surface area (Å²) in [7, 11) is 0. The van der Waals surface area contributed by atoms with Gasteiger partial charge in [-0.3, -0.25) is 9.59 Å². The molecule has 4 heteroatoms. The molecule has 2 amide bonds. The van der Waals surface area contributed by atoms with Gasteiger partial charge in [0.15, 0.2) is 0 Å². The van der Waals surface area contributed by atoms with Crippen molar-refractivity contribution in [3.8, 4) is 0 Å². The van der Waals surface area contributed by atoms with Crippen LogP contribution >= 0.6 is 0 Å². The number of hydrogen-bond acceptors (Lipinski definition) is 2. The van der Waals surface area contributed by atoms with Gasteiger partial charge in [0.1, 0.15) is 0 Å². The predicted octanol–water partition coefficient (Wildman–Crippen LogP) is 2.19. The maximum atomic E-state index is 12.2. The van der Waals surface area contributed by atoms with Gasteiger partial charge in [0, 0.05) is 32.5 Å². The third-order valence-corrected chi connectivity index (χ3v) is 5.01. The van der Waals surface area contributed by atoms with Crippen LogP contribution in [0.3, 0.4) is 0 Å². The summed E-state index contributed by atoms with van der Waals surface area (Å²) < 4.78 is 0. The molecule has 0 unspecified atom stereocenters. The highest BCUT2D eigenvalue weighted by atomic mass is 16.2. The van der Waals surface area contributed by atoms with Crippen LogP contribution in [0.1, 0.15) is 52.4 Å². The van der Waals surface area contributed by atoms with Crippen molar-refractivity contribution in [3.05, 3.63) is 0 Å². The van der Waals surface area contributed by atoms with Crippen LogP contribution in [0.15, 0.2) is 0 Å². The average Bonchev–Trinajstić information content (AvgIpc) is 2.46. The van der Waals surface area contributed by atoms with Crippen molar-refractivity contribution in [3.63, 3.8) is 0 Å². The molecule has 2 aliphatic rings. The second-order valence-electron chi connectivity index (χ2n) is 6.65. The maximum Gasteiger partial charge on any atom is 0.223 e. The molecular weight excluding hydrogens is 252 g/mol.